The highest BCUT2D eigenvalue weighted by Gasteiger charge is 2.17. The SMILES string of the molecule is CCOCC(C)NCc1ccccc1CN1CCC(O)CC1. The minimum atomic E-state index is -0.104. The van der Waals surface area contributed by atoms with Gasteiger partial charge in [0.2, 0.25) is 0 Å². The van der Waals surface area contributed by atoms with Crippen LogP contribution in [0.1, 0.15) is 37.8 Å². The summed E-state index contributed by atoms with van der Waals surface area (Å²) in [5, 5.41) is 13.2. The molecule has 2 N–H and O–H groups in total. The third kappa shape index (κ3) is 5.69. The first kappa shape index (κ1) is 17.4. The summed E-state index contributed by atoms with van der Waals surface area (Å²) in [7, 11) is 0. The van der Waals surface area contributed by atoms with Gasteiger partial charge in [-0.1, -0.05) is 24.3 Å². The lowest BCUT2D eigenvalue weighted by Crippen LogP contribution is -2.36. The zero-order valence-corrected chi connectivity index (χ0v) is 13.9. The van der Waals surface area contributed by atoms with E-state index in [4.69, 9.17) is 4.74 Å². The largest absolute Gasteiger partial charge is 0.393 e. The Labute approximate surface area is 134 Å². The van der Waals surface area contributed by atoms with Gasteiger partial charge in [-0.15, -0.1) is 0 Å². The third-order valence-corrected chi connectivity index (χ3v) is 4.28. The van der Waals surface area contributed by atoms with E-state index in [9.17, 15) is 5.11 Å². The molecule has 2 rings (SSSR count). The number of hydrogen-bond donors (Lipinski definition) is 2. The fourth-order valence-electron chi connectivity index (χ4n) is 2.84. The van der Waals surface area contributed by atoms with E-state index in [1.807, 2.05) is 6.92 Å². The molecule has 1 aromatic carbocycles. The van der Waals surface area contributed by atoms with Crippen LogP contribution >= 0.6 is 0 Å². The minimum absolute atomic E-state index is 0.104. The first-order valence-corrected chi connectivity index (χ1v) is 8.47. The molecule has 0 bridgehead atoms. The number of ether oxygens (including phenoxy) is 1. The highest BCUT2D eigenvalue weighted by atomic mass is 16.5. The molecule has 124 valence electrons. The van der Waals surface area contributed by atoms with E-state index in [2.05, 4.69) is 41.4 Å². The molecule has 0 aliphatic carbocycles. The second-order valence-electron chi connectivity index (χ2n) is 6.22. The molecule has 1 saturated heterocycles. The lowest BCUT2D eigenvalue weighted by molar-refractivity contribution is 0.0791. The normalized spacial score (nSPS) is 18.5. The molecule has 1 aliphatic rings. The zero-order chi connectivity index (χ0) is 15.8. The van der Waals surface area contributed by atoms with Crippen LogP contribution in [0.25, 0.3) is 0 Å². The van der Waals surface area contributed by atoms with E-state index < -0.39 is 0 Å². The van der Waals surface area contributed by atoms with E-state index >= 15 is 0 Å². The fraction of sp³-hybridized carbons (Fsp3) is 0.667. The van der Waals surface area contributed by atoms with Gasteiger partial charge in [0, 0.05) is 38.8 Å². The predicted molar refractivity (Wildman–Crippen MR) is 89.8 cm³/mol. The Morgan fingerprint density at radius 3 is 2.64 bits per heavy atom. The summed E-state index contributed by atoms with van der Waals surface area (Å²) in [6.07, 6.45) is 1.69. The number of hydrogen-bond acceptors (Lipinski definition) is 4. The average Bonchev–Trinajstić information content (AvgIpc) is 2.54. The monoisotopic (exact) mass is 306 g/mol. The summed E-state index contributed by atoms with van der Waals surface area (Å²) in [4.78, 5) is 2.44. The topological polar surface area (TPSA) is 44.7 Å². The number of aliphatic hydroxyl groups is 1. The number of aliphatic hydroxyl groups excluding tert-OH is 1. The van der Waals surface area contributed by atoms with E-state index in [1.54, 1.807) is 0 Å². The van der Waals surface area contributed by atoms with Crippen LogP contribution in [0.5, 0.6) is 0 Å². The van der Waals surface area contributed by atoms with Gasteiger partial charge in [0.05, 0.1) is 12.7 Å². The molecule has 1 unspecified atom stereocenters. The van der Waals surface area contributed by atoms with Crippen molar-refractivity contribution in [2.75, 3.05) is 26.3 Å². The van der Waals surface area contributed by atoms with Gasteiger partial charge in [-0.25, -0.2) is 0 Å². The molecule has 1 heterocycles. The molecule has 0 amide bonds. The predicted octanol–water partition coefficient (Wildman–Crippen LogP) is 2.16. The Morgan fingerprint density at radius 1 is 1.27 bits per heavy atom. The second-order valence-corrected chi connectivity index (χ2v) is 6.22. The van der Waals surface area contributed by atoms with Crippen molar-refractivity contribution < 1.29 is 9.84 Å². The molecule has 0 spiro atoms. The second kappa shape index (κ2) is 9.26. The van der Waals surface area contributed by atoms with Crippen molar-refractivity contribution in [2.24, 2.45) is 0 Å². The highest BCUT2D eigenvalue weighted by Crippen LogP contribution is 2.16. The van der Waals surface area contributed by atoms with Gasteiger partial charge in [-0.3, -0.25) is 4.90 Å². The van der Waals surface area contributed by atoms with Crippen LogP contribution in [0.2, 0.25) is 0 Å². The Morgan fingerprint density at radius 2 is 1.95 bits per heavy atom. The fourth-order valence-corrected chi connectivity index (χ4v) is 2.84. The molecule has 0 radical (unpaired) electrons. The van der Waals surface area contributed by atoms with E-state index in [0.29, 0.717) is 6.04 Å². The maximum absolute atomic E-state index is 9.62. The summed E-state index contributed by atoms with van der Waals surface area (Å²) in [5.41, 5.74) is 2.74. The molecular weight excluding hydrogens is 276 g/mol. The molecular formula is C18H30N2O2. The van der Waals surface area contributed by atoms with E-state index in [0.717, 1.165) is 52.2 Å². The number of piperidine rings is 1. The Balaban J connectivity index is 1.86. The Hall–Kier alpha value is -0.940. The minimum Gasteiger partial charge on any atom is -0.393 e. The van der Waals surface area contributed by atoms with Gasteiger partial charge < -0.3 is 15.2 Å². The third-order valence-electron chi connectivity index (χ3n) is 4.28. The lowest BCUT2D eigenvalue weighted by Gasteiger charge is -2.30. The molecule has 4 nitrogen and oxygen atoms in total. The summed E-state index contributed by atoms with van der Waals surface area (Å²) in [5.74, 6) is 0. The first-order chi connectivity index (χ1) is 10.7. The van der Waals surface area contributed by atoms with Gasteiger partial charge in [-0.05, 0) is 37.8 Å². The van der Waals surface area contributed by atoms with Gasteiger partial charge in [0.15, 0.2) is 0 Å². The summed E-state index contributed by atoms with van der Waals surface area (Å²) >= 11 is 0. The van der Waals surface area contributed by atoms with Crippen LogP contribution in [0.4, 0.5) is 0 Å². The van der Waals surface area contributed by atoms with Crippen LogP contribution in [0.15, 0.2) is 24.3 Å². The molecule has 1 aliphatic heterocycles. The number of nitrogens with one attached hydrogen (secondary N) is 1. The average molecular weight is 306 g/mol. The number of benzene rings is 1. The van der Waals surface area contributed by atoms with Crippen LogP contribution in [0.3, 0.4) is 0 Å². The van der Waals surface area contributed by atoms with Gasteiger partial charge >= 0.3 is 0 Å². The van der Waals surface area contributed by atoms with Crippen LogP contribution in [-0.2, 0) is 17.8 Å². The maximum atomic E-state index is 9.62. The number of nitrogens with zero attached hydrogens (tertiary/aromatic N) is 1. The van der Waals surface area contributed by atoms with Crippen molar-refractivity contribution in [3.05, 3.63) is 35.4 Å². The molecule has 1 aromatic rings. The molecule has 4 heteroatoms. The first-order valence-electron chi connectivity index (χ1n) is 8.47. The van der Waals surface area contributed by atoms with Crippen LogP contribution in [0, 0.1) is 0 Å². The smallest absolute Gasteiger partial charge is 0.0616 e. The van der Waals surface area contributed by atoms with Crippen molar-refractivity contribution in [2.45, 2.75) is 51.9 Å². The van der Waals surface area contributed by atoms with Crippen molar-refractivity contribution >= 4 is 0 Å². The Kier molecular flexibility index (Phi) is 7.33. The van der Waals surface area contributed by atoms with Gasteiger partial charge in [0.1, 0.15) is 0 Å². The Bertz CT molecular complexity index is 431. The molecule has 0 saturated carbocycles. The lowest BCUT2D eigenvalue weighted by atomic mass is 10.0. The van der Waals surface area contributed by atoms with Gasteiger partial charge in [-0.2, -0.15) is 0 Å². The molecule has 1 fully saturated rings. The van der Waals surface area contributed by atoms with Crippen molar-refractivity contribution in [1.29, 1.82) is 0 Å². The molecule has 0 aromatic heterocycles. The van der Waals surface area contributed by atoms with Crippen LogP contribution < -0.4 is 5.32 Å². The van der Waals surface area contributed by atoms with Crippen LogP contribution in [-0.4, -0.2) is 48.5 Å². The summed E-state index contributed by atoms with van der Waals surface area (Å²) in [6.45, 7) is 9.53. The van der Waals surface area contributed by atoms with Gasteiger partial charge in [0.25, 0.3) is 0 Å². The number of rotatable bonds is 8. The summed E-state index contributed by atoms with van der Waals surface area (Å²) < 4.78 is 5.45. The standard InChI is InChI=1S/C18H30N2O2/c1-3-22-14-15(2)19-12-16-6-4-5-7-17(16)13-20-10-8-18(21)9-11-20/h4-7,15,18-19,21H,3,8-14H2,1-2H3. The number of likely N-dealkylation sites (tertiary alicyclic amines) is 1. The van der Waals surface area contributed by atoms with Crippen molar-refractivity contribution in [3.8, 4) is 0 Å². The highest BCUT2D eigenvalue weighted by molar-refractivity contribution is 5.27. The van der Waals surface area contributed by atoms with E-state index in [-0.39, 0.29) is 6.10 Å². The zero-order valence-electron chi connectivity index (χ0n) is 13.9. The molecule has 22 heavy (non-hydrogen) atoms. The van der Waals surface area contributed by atoms with Crippen molar-refractivity contribution in [1.82, 2.24) is 10.2 Å². The maximum Gasteiger partial charge on any atom is 0.0616 e. The summed E-state index contributed by atoms with van der Waals surface area (Å²) in [6, 6.07) is 9.00. The quantitative estimate of drug-likeness (QED) is 0.772. The van der Waals surface area contributed by atoms with E-state index in [1.165, 1.54) is 11.1 Å². The van der Waals surface area contributed by atoms with Crippen molar-refractivity contribution in [3.63, 3.8) is 0 Å². The molecule has 1 atom stereocenters.